The van der Waals surface area contributed by atoms with Crippen molar-refractivity contribution >= 4 is 41.2 Å². The van der Waals surface area contributed by atoms with Crippen LogP contribution in [0.3, 0.4) is 0 Å². The molecule has 0 spiro atoms. The summed E-state index contributed by atoms with van der Waals surface area (Å²) in [5.74, 6) is 0.918. The van der Waals surface area contributed by atoms with Crippen LogP contribution in [0.25, 0.3) is 27.5 Å². The molecular weight excluding hydrogens is 411 g/mol. The van der Waals surface area contributed by atoms with Crippen LogP contribution in [-0.4, -0.2) is 0 Å². The van der Waals surface area contributed by atoms with E-state index in [1.807, 2.05) is 12.1 Å². The van der Waals surface area contributed by atoms with Gasteiger partial charge in [0.05, 0.1) is 0 Å². The number of para-hydroxylation sites is 1. The fraction of sp³-hybridized carbons (Fsp3) is 0.130. The Morgan fingerprint density at radius 1 is 0.815 bits per heavy atom. The van der Waals surface area contributed by atoms with Crippen LogP contribution in [0.5, 0.6) is 5.75 Å². The van der Waals surface area contributed by atoms with Crippen molar-refractivity contribution in [2.45, 2.75) is 20.3 Å². The zero-order chi connectivity index (χ0) is 17.4. The third kappa shape index (κ3) is 3.88. The largest absolute Gasteiger partial charge is 0.147 e. The molecule has 0 aromatic heterocycles. The van der Waals surface area contributed by atoms with E-state index in [2.05, 4.69) is 68.5 Å². The number of fused-ring (bicyclic) bond motifs is 1. The summed E-state index contributed by atoms with van der Waals surface area (Å²) in [4.78, 5) is 0. The summed E-state index contributed by atoms with van der Waals surface area (Å²) < 4.78 is 5.69. The first-order valence-corrected chi connectivity index (χ1v) is 9.16. The van der Waals surface area contributed by atoms with Crippen LogP contribution in [0.15, 0.2) is 77.9 Å². The van der Waals surface area contributed by atoms with Crippen LogP contribution in [-0.2, 0) is 20.8 Å². The van der Waals surface area contributed by atoms with Gasteiger partial charge in [-0.05, 0) is 0 Å². The molecule has 0 fully saturated rings. The molecule has 0 atom stereocenters. The standard InChI is InChI=1S/C23H20O.2ClH.Ti/c1-15-11-13-18(16(15)2)20-14-12-17-7-3-4-8-19(17)23(20)21-9-5-6-10-22(21)24;;;/h3-12,14,24H,13H2,1-2H3;2*1H;/q;;;+1/p-1. The smallest absolute Gasteiger partial charge is 0.147 e. The molecule has 0 radical (unpaired) electrons. The van der Waals surface area contributed by atoms with Crippen molar-refractivity contribution in [2.75, 3.05) is 0 Å². The minimum atomic E-state index is 0. The Morgan fingerprint density at radius 3 is 2.22 bits per heavy atom. The monoisotopic (exact) mass is 431 g/mol. The molecule has 0 heterocycles. The quantitative estimate of drug-likeness (QED) is 0.395. The van der Waals surface area contributed by atoms with Gasteiger partial charge in [-0.15, -0.1) is 24.8 Å². The zero-order valence-corrected chi connectivity index (χ0v) is 18.5. The zero-order valence-electron chi connectivity index (χ0n) is 15.3. The average Bonchev–Trinajstić information content (AvgIpc) is 2.99. The Hall–Kier alpha value is -1.51. The van der Waals surface area contributed by atoms with E-state index in [4.69, 9.17) is 3.32 Å². The van der Waals surface area contributed by atoms with Crippen molar-refractivity contribution in [2.24, 2.45) is 0 Å². The van der Waals surface area contributed by atoms with Gasteiger partial charge in [0, 0.05) is 0 Å². The van der Waals surface area contributed by atoms with Crippen molar-refractivity contribution in [3.05, 3.63) is 83.4 Å². The van der Waals surface area contributed by atoms with Crippen LogP contribution in [0.2, 0.25) is 0 Å². The van der Waals surface area contributed by atoms with E-state index in [9.17, 15) is 0 Å². The maximum atomic E-state index is 5.69. The summed E-state index contributed by atoms with van der Waals surface area (Å²) in [7, 11) is 0. The molecule has 0 saturated heterocycles. The summed E-state index contributed by atoms with van der Waals surface area (Å²) in [5.41, 5.74) is 7.94. The van der Waals surface area contributed by atoms with Crippen LogP contribution >= 0.6 is 24.8 Å². The Morgan fingerprint density at radius 2 is 1.52 bits per heavy atom. The van der Waals surface area contributed by atoms with E-state index in [-0.39, 0.29) is 24.8 Å². The maximum Gasteiger partial charge on any atom is -0.147 e. The number of hydrogen-bond acceptors (Lipinski definition) is 1. The third-order valence-electron chi connectivity index (χ3n) is 5.18. The normalized spacial score (nSPS) is 13.0. The fourth-order valence-corrected chi connectivity index (χ4v) is 3.96. The van der Waals surface area contributed by atoms with Gasteiger partial charge in [-0.2, -0.15) is 0 Å². The van der Waals surface area contributed by atoms with Crippen LogP contribution in [0.1, 0.15) is 25.8 Å². The summed E-state index contributed by atoms with van der Waals surface area (Å²) in [5, 5.41) is 2.53. The SMILES string of the molecule is CC1=CCC(c2ccc3ccccc3c2-c2ccccc2[O][Ti])=C1C.Cl.Cl. The molecule has 1 nitrogen and oxygen atoms in total. The molecule has 0 N–H and O–H groups in total. The Labute approximate surface area is 185 Å². The third-order valence-corrected chi connectivity index (χ3v) is 5.52. The van der Waals surface area contributed by atoms with Crippen molar-refractivity contribution in [3.8, 4) is 16.9 Å². The average molecular weight is 432 g/mol. The second kappa shape index (κ2) is 9.12. The van der Waals surface area contributed by atoms with Crippen molar-refractivity contribution in [1.82, 2.24) is 0 Å². The molecule has 4 heteroatoms. The predicted molar refractivity (Wildman–Crippen MR) is 115 cm³/mol. The molecule has 0 saturated carbocycles. The van der Waals surface area contributed by atoms with Crippen LogP contribution in [0.4, 0.5) is 0 Å². The van der Waals surface area contributed by atoms with E-state index >= 15 is 0 Å². The van der Waals surface area contributed by atoms with Crippen LogP contribution in [0, 0.1) is 0 Å². The van der Waals surface area contributed by atoms with Gasteiger partial charge in [0.2, 0.25) is 0 Å². The topological polar surface area (TPSA) is 9.23 Å². The van der Waals surface area contributed by atoms with Crippen LogP contribution < -0.4 is 3.32 Å². The molecule has 137 valence electrons. The number of benzene rings is 3. The maximum absolute atomic E-state index is 5.69. The van der Waals surface area contributed by atoms with Gasteiger partial charge in [-0.3, -0.25) is 0 Å². The minimum Gasteiger partial charge on any atom is -0.147 e. The van der Waals surface area contributed by atoms with Gasteiger partial charge >= 0.3 is 161 Å². The first kappa shape index (κ1) is 21.8. The fourth-order valence-electron chi connectivity index (χ4n) is 3.69. The van der Waals surface area contributed by atoms with E-state index in [0.717, 1.165) is 17.7 Å². The summed E-state index contributed by atoms with van der Waals surface area (Å²) in [6, 6.07) is 21.4. The van der Waals surface area contributed by atoms with Crippen molar-refractivity contribution in [3.63, 3.8) is 0 Å². The predicted octanol–water partition coefficient (Wildman–Crippen LogP) is 7.31. The molecule has 0 bridgehead atoms. The molecule has 3 aromatic rings. The Balaban J connectivity index is 0.00000131. The number of halogens is 2. The minimum absolute atomic E-state index is 0. The van der Waals surface area contributed by atoms with Gasteiger partial charge < -0.3 is 0 Å². The van der Waals surface area contributed by atoms with E-state index < -0.39 is 0 Å². The second-order valence-electron chi connectivity index (χ2n) is 6.50. The van der Waals surface area contributed by atoms with E-state index in [1.54, 1.807) is 20.8 Å². The molecule has 27 heavy (non-hydrogen) atoms. The van der Waals surface area contributed by atoms with Crippen molar-refractivity contribution < 1.29 is 24.1 Å². The van der Waals surface area contributed by atoms with Gasteiger partial charge in [0.15, 0.2) is 0 Å². The first-order valence-electron chi connectivity index (χ1n) is 8.52. The van der Waals surface area contributed by atoms with Gasteiger partial charge in [0.1, 0.15) is 0 Å². The van der Waals surface area contributed by atoms with Gasteiger partial charge in [-0.25, -0.2) is 0 Å². The molecule has 1 aliphatic carbocycles. The summed E-state index contributed by atoms with van der Waals surface area (Å²) in [6.45, 7) is 4.43. The molecular formula is C23H21Cl2OTi. The van der Waals surface area contributed by atoms with E-state index in [0.29, 0.717) is 0 Å². The second-order valence-corrected chi connectivity index (χ2v) is 6.82. The Bertz CT molecular complexity index is 1040. The molecule has 3 aromatic carbocycles. The summed E-state index contributed by atoms with van der Waals surface area (Å²) >= 11 is 1.75. The van der Waals surface area contributed by atoms with E-state index in [1.165, 1.54) is 38.6 Å². The van der Waals surface area contributed by atoms with Gasteiger partial charge in [-0.1, -0.05) is 0 Å². The molecule has 1 aliphatic rings. The van der Waals surface area contributed by atoms with Gasteiger partial charge in [0.25, 0.3) is 0 Å². The molecule has 0 amide bonds. The number of rotatable bonds is 3. The summed E-state index contributed by atoms with van der Waals surface area (Å²) in [6.07, 6.45) is 3.32. The molecule has 0 unspecified atom stereocenters. The first-order chi connectivity index (χ1) is 12.2. The Kier molecular flexibility index (Phi) is 7.36. The number of allylic oxidation sites excluding steroid dienone is 4. The molecule has 4 rings (SSSR count). The number of hydrogen-bond donors (Lipinski definition) is 0. The molecule has 0 aliphatic heterocycles. The van der Waals surface area contributed by atoms with Crippen molar-refractivity contribution in [1.29, 1.82) is 0 Å².